The summed E-state index contributed by atoms with van der Waals surface area (Å²) in [5, 5.41) is 44.1. The fourth-order valence-electron chi connectivity index (χ4n) is 7.98. The van der Waals surface area contributed by atoms with Gasteiger partial charge < -0.3 is 20.4 Å². The normalized spacial score (nSPS) is 62.0. The van der Waals surface area contributed by atoms with Crippen molar-refractivity contribution in [1.82, 2.24) is 0 Å². The van der Waals surface area contributed by atoms with Crippen LogP contribution in [0.15, 0.2) is 0 Å². The zero-order valence-electron chi connectivity index (χ0n) is 15.5. The molecule has 4 rings (SSSR count). The number of hydrogen-bond donors (Lipinski definition) is 4. The number of aliphatic hydroxyl groups excluding tert-OH is 2. The van der Waals surface area contributed by atoms with Crippen LogP contribution in [0, 0.1) is 28.1 Å². The minimum absolute atomic E-state index is 0.0312. The fourth-order valence-corrected chi connectivity index (χ4v) is 7.98. The first-order valence-corrected chi connectivity index (χ1v) is 9.69. The minimum atomic E-state index is -1.13. The van der Waals surface area contributed by atoms with Crippen LogP contribution in [0.4, 0.5) is 0 Å². The van der Waals surface area contributed by atoms with Gasteiger partial charge in [0.15, 0.2) is 0 Å². The molecule has 4 heteroatoms. The molecule has 0 aromatic heterocycles. The van der Waals surface area contributed by atoms with E-state index in [1.54, 1.807) is 0 Å². The summed E-state index contributed by atoms with van der Waals surface area (Å²) >= 11 is 0. The molecule has 4 nitrogen and oxygen atoms in total. The molecule has 1 spiro atoms. The van der Waals surface area contributed by atoms with Gasteiger partial charge in [-0.05, 0) is 74.5 Å². The Morgan fingerprint density at radius 3 is 2.17 bits per heavy atom. The molecule has 4 saturated carbocycles. The van der Waals surface area contributed by atoms with Gasteiger partial charge >= 0.3 is 0 Å². The third kappa shape index (κ3) is 1.79. The smallest absolute Gasteiger partial charge is 0.0970 e. The van der Waals surface area contributed by atoms with Crippen LogP contribution in [0.5, 0.6) is 0 Å². The third-order valence-corrected chi connectivity index (χ3v) is 9.16. The molecule has 138 valence electrons. The van der Waals surface area contributed by atoms with Crippen LogP contribution in [-0.2, 0) is 0 Å². The molecule has 4 aliphatic rings. The number of fused-ring (bicyclic) bond motifs is 2. The largest absolute Gasteiger partial charge is 0.393 e. The van der Waals surface area contributed by atoms with Gasteiger partial charge in [0.05, 0.1) is 23.4 Å². The Morgan fingerprint density at radius 2 is 1.50 bits per heavy atom. The molecule has 0 heterocycles. The van der Waals surface area contributed by atoms with E-state index < -0.39 is 22.7 Å². The van der Waals surface area contributed by atoms with Crippen LogP contribution in [0.3, 0.4) is 0 Å². The van der Waals surface area contributed by atoms with Gasteiger partial charge in [0.2, 0.25) is 0 Å². The van der Waals surface area contributed by atoms with Gasteiger partial charge in [0.1, 0.15) is 0 Å². The van der Waals surface area contributed by atoms with Crippen LogP contribution < -0.4 is 0 Å². The molecule has 2 bridgehead atoms. The Morgan fingerprint density at radius 1 is 0.833 bits per heavy atom. The van der Waals surface area contributed by atoms with Crippen LogP contribution in [0.1, 0.15) is 72.6 Å². The van der Waals surface area contributed by atoms with E-state index in [1.807, 2.05) is 6.92 Å². The zero-order chi connectivity index (χ0) is 17.8. The standard InChI is InChI=1S/C20H34O4/c1-16(2)10-13(21)11-17(3)14(16)7-15(22)20(24)9-12-8-19(17,20)6-5-18(12,4)23/h12-15,21-24H,5-11H2,1-4H3/t12?,13-,14-,15-,17-,18-,19-,20-/m0/s1. The molecule has 0 aliphatic heterocycles. The minimum Gasteiger partial charge on any atom is -0.393 e. The lowest BCUT2D eigenvalue weighted by molar-refractivity contribution is -0.279. The Bertz CT molecular complexity index is 558. The summed E-state index contributed by atoms with van der Waals surface area (Å²) in [4.78, 5) is 0. The highest BCUT2D eigenvalue weighted by molar-refractivity contribution is 5.26. The summed E-state index contributed by atoms with van der Waals surface area (Å²) in [5.74, 6) is 0.314. The first kappa shape index (κ1) is 17.3. The monoisotopic (exact) mass is 338 g/mol. The molecule has 8 atom stereocenters. The van der Waals surface area contributed by atoms with Gasteiger partial charge in [-0.25, -0.2) is 0 Å². The SMILES string of the molecule is CC1(C)C[C@H](O)C[C@@]2(C)[C@H]1C[C@H](O)[C@@]1(O)CC3C[C@@]21CC[C@]3(C)O. The second kappa shape index (κ2) is 4.57. The Balaban J connectivity index is 1.87. The van der Waals surface area contributed by atoms with Gasteiger partial charge in [-0.2, -0.15) is 0 Å². The van der Waals surface area contributed by atoms with Crippen LogP contribution in [0.25, 0.3) is 0 Å². The quantitative estimate of drug-likeness (QED) is 0.546. The van der Waals surface area contributed by atoms with Crippen molar-refractivity contribution in [2.75, 3.05) is 0 Å². The molecule has 4 N–H and O–H groups in total. The maximum atomic E-state index is 11.7. The van der Waals surface area contributed by atoms with Crippen molar-refractivity contribution in [3.05, 3.63) is 0 Å². The summed E-state index contributed by atoms with van der Waals surface area (Å²) in [7, 11) is 0. The zero-order valence-corrected chi connectivity index (χ0v) is 15.5. The lowest BCUT2D eigenvalue weighted by Crippen LogP contribution is -2.70. The van der Waals surface area contributed by atoms with Gasteiger partial charge in [0.25, 0.3) is 0 Å². The van der Waals surface area contributed by atoms with E-state index >= 15 is 0 Å². The summed E-state index contributed by atoms with van der Waals surface area (Å²) in [6.07, 6.45) is 3.64. The highest BCUT2D eigenvalue weighted by Gasteiger charge is 2.76. The van der Waals surface area contributed by atoms with Crippen molar-refractivity contribution < 1.29 is 20.4 Å². The average Bonchev–Trinajstić information content (AvgIpc) is 2.72. The molecule has 0 saturated heterocycles. The Kier molecular flexibility index (Phi) is 3.29. The summed E-state index contributed by atoms with van der Waals surface area (Å²) in [6.45, 7) is 8.55. The van der Waals surface area contributed by atoms with E-state index in [0.717, 1.165) is 19.3 Å². The van der Waals surface area contributed by atoms with Gasteiger partial charge in [-0.15, -0.1) is 0 Å². The van der Waals surface area contributed by atoms with Crippen LogP contribution in [-0.4, -0.2) is 43.8 Å². The fraction of sp³-hybridized carbons (Fsp3) is 1.00. The highest BCUT2D eigenvalue weighted by Crippen LogP contribution is 2.76. The Labute approximate surface area is 145 Å². The molecule has 0 aromatic rings. The summed E-state index contributed by atoms with van der Waals surface area (Å²) in [6, 6.07) is 0. The maximum absolute atomic E-state index is 11.7. The summed E-state index contributed by atoms with van der Waals surface area (Å²) in [5.41, 5.74) is -2.54. The maximum Gasteiger partial charge on any atom is 0.0970 e. The molecule has 24 heavy (non-hydrogen) atoms. The van der Waals surface area contributed by atoms with Crippen molar-refractivity contribution in [2.45, 2.75) is 96.1 Å². The molecule has 0 aromatic carbocycles. The summed E-state index contributed by atoms with van der Waals surface area (Å²) < 4.78 is 0. The van der Waals surface area contributed by atoms with Gasteiger partial charge in [0, 0.05) is 5.41 Å². The molecule has 0 amide bonds. The predicted molar refractivity (Wildman–Crippen MR) is 91.2 cm³/mol. The first-order chi connectivity index (χ1) is 10.9. The van der Waals surface area contributed by atoms with Crippen molar-refractivity contribution in [2.24, 2.45) is 28.1 Å². The van der Waals surface area contributed by atoms with Crippen molar-refractivity contribution in [3.63, 3.8) is 0 Å². The molecular formula is C20H34O4. The van der Waals surface area contributed by atoms with E-state index in [0.29, 0.717) is 25.7 Å². The van der Waals surface area contributed by atoms with E-state index in [4.69, 9.17) is 0 Å². The third-order valence-electron chi connectivity index (χ3n) is 9.16. The lowest BCUT2D eigenvalue weighted by Gasteiger charge is -2.68. The second-order valence-corrected chi connectivity index (χ2v) is 10.7. The first-order valence-electron chi connectivity index (χ1n) is 9.69. The van der Waals surface area contributed by atoms with E-state index in [9.17, 15) is 20.4 Å². The molecule has 1 unspecified atom stereocenters. The predicted octanol–water partition coefficient (Wildman–Crippen LogP) is 2.23. The number of aliphatic hydroxyl groups is 4. The molecular weight excluding hydrogens is 304 g/mol. The molecule has 4 fully saturated rings. The molecule has 4 aliphatic carbocycles. The topological polar surface area (TPSA) is 80.9 Å². The average molecular weight is 338 g/mol. The second-order valence-electron chi connectivity index (χ2n) is 10.7. The lowest BCUT2D eigenvalue weighted by atomic mass is 9.38. The van der Waals surface area contributed by atoms with E-state index in [2.05, 4.69) is 20.8 Å². The number of hydrogen-bond acceptors (Lipinski definition) is 4. The van der Waals surface area contributed by atoms with E-state index in [1.165, 1.54) is 0 Å². The highest BCUT2D eigenvalue weighted by atomic mass is 16.3. The number of rotatable bonds is 0. The molecule has 0 radical (unpaired) electrons. The van der Waals surface area contributed by atoms with Gasteiger partial charge in [-0.1, -0.05) is 20.8 Å². The van der Waals surface area contributed by atoms with E-state index in [-0.39, 0.29) is 28.8 Å². The Hall–Kier alpha value is -0.160. The van der Waals surface area contributed by atoms with Crippen molar-refractivity contribution in [3.8, 4) is 0 Å². The van der Waals surface area contributed by atoms with Crippen LogP contribution >= 0.6 is 0 Å². The van der Waals surface area contributed by atoms with Gasteiger partial charge in [-0.3, -0.25) is 0 Å². The van der Waals surface area contributed by atoms with Crippen molar-refractivity contribution in [1.29, 1.82) is 0 Å². The van der Waals surface area contributed by atoms with Crippen LogP contribution in [0.2, 0.25) is 0 Å². The van der Waals surface area contributed by atoms with Crippen molar-refractivity contribution >= 4 is 0 Å².